The first kappa shape index (κ1) is 14.7. The van der Waals surface area contributed by atoms with E-state index in [1.165, 1.54) is 12.4 Å². The fourth-order valence-corrected chi connectivity index (χ4v) is 1.11. The lowest BCUT2D eigenvalue weighted by molar-refractivity contribution is -0.173. The molecule has 0 aromatic carbocycles. The number of rotatable bonds is 5. The first-order valence-corrected chi connectivity index (χ1v) is 5.16. The Kier molecular flexibility index (Phi) is 5.29. The van der Waals surface area contributed by atoms with E-state index in [9.17, 15) is 18.0 Å². The number of nitrogens with one attached hydrogen (secondary N) is 1. The van der Waals surface area contributed by atoms with Crippen molar-refractivity contribution in [2.75, 3.05) is 19.8 Å². The van der Waals surface area contributed by atoms with E-state index in [0.717, 1.165) is 0 Å². The van der Waals surface area contributed by atoms with Crippen molar-refractivity contribution in [2.45, 2.75) is 6.18 Å². The van der Waals surface area contributed by atoms with E-state index in [0.29, 0.717) is 0 Å². The Morgan fingerprint density at radius 2 is 2.17 bits per heavy atom. The predicted octanol–water partition coefficient (Wildman–Crippen LogP) is 1.44. The zero-order valence-electron chi connectivity index (χ0n) is 9.00. The second-order valence-electron chi connectivity index (χ2n) is 3.15. The highest BCUT2D eigenvalue weighted by molar-refractivity contribution is 6.29. The number of amides is 1. The minimum atomic E-state index is -4.37. The highest BCUT2D eigenvalue weighted by Crippen LogP contribution is 2.13. The second kappa shape index (κ2) is 6.50. The maximum atomic E-state index is 11.7. The Morgan fingerprint density at radius 1 is 1.44 bits per heavy atom. The molecule has 18 heavy (non-hydrogen) atoms. The van der Waals surface area contributed by atoms with Crippen molar-refractivity contribution in [3.8, 4) is 0 Å². The van der Waals surface area contributed by atoms with Crippen molar-refractivity contribution >= 4 is 17.5 Å². The molecular formula is C9H9ClF3N3O2. The second-order valence-corrected chi connectivity index (χ2v) is 3.54. The molecule has 0 fully saturated rings. The van der Waals surface area contributed by atoms with Crippen LogP contribution in [0.5, 0.6) is 0 Å². The van der Waals surface area contributed by atoms with Gasteiger partial charge < -0.3 is 10.1 Å². The third-order valence-electron chi connectivity index (χ3n) is 1.64. The van der Waals surface area contributed by atoms with Crippen LogP contribution >= 0.6 is 11.6 Å². The van der Waals surface area contributed by atoms with Crippen molar-refractivity contribution < 1.29 is 22.7 Å². The molecule has 0 aliphatic carbocycles. The molecule has 0 aliphatic heterocycles. The van der Waals surface area contributed by atoms with Gasteiger partial charge >= 0.3 is 6.18 Å². The Balaban J connectivity index is 2.26. The Hall–Kier alpha value is -1.41. The molecule has 0 spiro atoms. The van der Waals surface area contributed by atoms with E-state index in [2.05, 4.69) is 20.0 Å². The van der Waals surface area contributed by atoms with Gasteiger partial charge in [0.1, 0.15) is 17.5 Å². The third kappa shape index (κ3) is 5.78. The largest absolute Gasteiger partial charge is 0.411 e. The molecule has 0 bridgehead atoms. The average molecular weight is 284 g/mol. The van der Waals surface area contributed by atoms with Crippen molar-refractivity contribution in [1.29, 1.82) is 0 Å². The normalized spacial score (nSPS) is 11.3. The first-order chi connectivity index (χ1) is 8.38. The number of hydrogen-bond donors (Lipinski definition) is 1. The van der Waals surface area contributed by atoms with Crippen LogP contribution in [-0.2, 0) is 4.74 Å². The SMILES string of the molecule is O=C(NCCOCC(F)(F)F)c1cncc(Cl)n1. The average Bonchev–Trinajstić information content (AvgIpc) is 2.26. The highest BCUT2D eigenvalue weighted by Gasteiger charge is 2.27. The van der Waals surface area contributed by atoms with Gasteiger partial charge in [0.15, 0.2) is 0 Å². The molecule has 1 aromatic heterocycles. The van der Waals surface area contributed by atoms with Gasteiger partial charge in [0.05, 0.1) is 19.0 Å². The number of ether oxygens (including phenoxy) is 1. The number of alkyl halides is 3. The van der Waals surface area contributed by atoms with E-state index < -0.39 is 18.7 Å². The molecule has 1 heterocycles. The summed E-state index contributed by atoms with van der Waals surface area (Å²) in [7, 11) is 0. The van der Waals surface area contributed by atoms with Crippen molar-refractivity contribution in [1.82, 2.24) is 15.3 Å². The van der Waals surface area contributed by atoms with Crippen LogP contribution in [0.3, 0.4) is 0 Å². The summed E-state index contributed by atoms with van der Waals surface area (Å²) in [5.74, 6) is -0.583. The van der Waals surface area contributed by atoms with Crippen LogP contribution in [0.25, 0.3) is 0 Å². The monoisotopic (exact) mass is 283 g/mol. The van der Waals surface area contributed by atoms with Gasteiger partial charge in [-0.05, 0) is 0 Å². The van der Waals surface area contributed by atoms with Crippen LogP contribution in [-0.4, -0.2) is 41.8 Å². The minimum Gasteiger partial charge on any atom is -0.370 e. The lowest BCUT2D eigenvalue weighted by atomic mass is 10.4. The molecule has 5 nitrogen and oxygen atoms in total. The smallest absolute Gasteiger partial charge is 0.370 e. The van der Waals surface area contributed by atoms with Gasteiger partial charge in [-0.2, -0.15) is 13.2 Å². The van der Waals surface area contributed by atoms with Crippen LogP contribution in [0.4, 0.5) is 13.2 Å². The van der Waals surface area contributed by atoms with Crippen molar-refractivity contribution in [3.05, 3.63) is 23.2 Å². The van der Waals surface area contributed by atoms with Crippen LogP contribution < -0.4 is 5.32 Å². The molecule has 0 radical (unpaired) electrons. The zero-order chi connectivity index (χ0) is 13.6. The molecule has 1 rings (SSSR count). The molecule has 0 saturated heterocycles. The zero-order valence-corrected chi connectivity index (χ0v) is 9.75. The van der Waals surface area contributed by atoms with E-state index in [4.69, 9.17) is 11.6 Å². The maximum absolute atomic E-state index is 11.7. The Bertz CT molecular complexity index is 414. The third-order valence-corrected chi connectivity index (χ3v) is 1.82. The minimum absolute atomic E-state index is 0.0154. The number of carbonyl (C=O) groups excluding carboxylic acids is 1. The summed E-state index contributed by atoms with van der Waals surface area (Å²) >= 11 is 5.52. The summed E-state index contributed by atoms with van der Waals surface area (Å²) in [6.45, 7) is -1.66. The number of hydrogen-bond acceptors (Lipinski definition) is 4. The van der Waals surface area contributed by atoms with Crippen LogP contribution in [0.15, 0.2) is 12.4 Å². The fourth-order valence-electron chi connectivity index (χ4n) is 0.967. The van der Waals surface area contributed by atoms with E-state index in [1.54, 1.807) is 0 Å². The topological polar surface area (TPSA) is 64.1 Å². The number of halogens is 4. The summed E-state index contributed by atoms with van der Waals surface area (Å²) in [5.41, 5.74) is -0.0154. The van der Waals surface area contributed by atoms with E-state index in [1.807, 2.05) is 0 Å². The molecule has 0 saturated carbocycles. The van der Waals surface area contributed by atoms with Crippen LogP contribution in [0, 0.1) is 0 Å². The van der Waals surface area contributed by atoms with Crippen molar-refractivity contribution in [2.24, 2.45) is 0 Å². The van der Waals surface area contributed by atoms with Crippen molar-refractivity contribution in [3.63, 3.8) is 0 Å². The van der Waals surface area contributed by atoms with E-state index >= 15 is 0 Å². The summed E-state index contributed by atoms with van der Waals surface area (Å²) in [6, 6.07) is 0. The molecule has 1 aromatic rings. The Labute approximate surface area is 105 Å². The molecular weight excluding hydrogens is 275 g/mol. The van der Waals surface area contributed by atoms with Gasteiger partial charge in [0.2, 0.25) is 0 Å². The summed E-state index contributed by atoms with van der Waals surface area (Å²) in [5, 5.41) is 2.37. The molecule has 100 valence electrons. The molecule has 9 heteroatoms. The number of nitrogens with zero attached hydrogens (tertiary/aromatic N) is 2. The number of aromatic nitrogens is 2. The van der Waals surface area contributed by atoms with Gasteiger partial charge in [-0.3, -0.25) is 9.78 Å². The fraction of sp³-hybridized carbons (Fsp3) is 0.444. The van der Waals surface area contributed by atoms with Crippen LogP contribution in [0.2, 0.25) is 5.15 Å². The standard InChI is InChI=1S/C9H9ClF3N3O2/c10-7-4-14-3-6(16-7)8(17)15-1-2-18-5-9(11,12)13/h3-4H,1-2,5H2,(H,15,17). The Morgan fingerprint density at radius 3 is 2.78 bits per heavy atom. The first-order valence-electron chi connectivity index (χ1n) is 4.79. The number of carbonyl (C=O) groups is 1. The van der Waals surface area contributed by atoms with E-state index in [-0.39, 0.29) is 24.0 Å². The lowest BCUT2D eigenvalue weighted by Gasteiger charge is -2.08. The van der Waals surface area contributed by atoms with Gasteiger partial charge in [0.25, 0.3) is 5.91 Å². The molecule has 0 atom stereocenters. The van der Waals surface area contributed by atoms with Gasteiger partial charge in [0, 0.05) is 6.54 Å². The highest BCUT2D eigenvalue weighted by atomic mass is 35.5. The lowest BCUT2D eigenvalue weighted by Crippen LogP contribution is -2.29. The molecule has 1 N–H and O–H groups in total. The van der Waals surface area contributed by atoms with Gasteiger partial charge in [-0.1, -0.05) is 11.6 Å². The van der Waals surface area contributed by atoms with Crippen LogP contribution in [0.1, 0.15) is 10.5 Å². The summed E-state index contributed by atoms with van der Waals surface area (Å²) < 4.78 is 39.4. The summed E-state index contributed by atoms with van der Waals surface area (Å²) in [4.78, 5) is 18.7. The van der Waals surface area contributed by atoms with Gasteiger partial charge in [-0.25, -0.2) is 4.98 Å². The quantitative estimate of drug-likeness (QED) is 0.831. The molecule has 0 unspecified atom stereocenters. The predicted molar refractivity (Wildman–Crippen MR) is 56.2 cm³/mol. The van der Waals surface area contributed by atoms with Gasteiger partial charge in [-0.15, -0.1) is 0 Å². The molecule has 1 amide bonds. The maximum Gasteiger partial charge on any atom is 0.411 e. The summed E-state index contributed by atoms with van der Waals surface area (Å²) in [6.07, 6.45) is -1.93. The molecule has 0 aliphatic rings.